The molecule has 1 N–H and O–H groups in total. The molecule has 1 heterocycles. The van der Waals surface area contributed by atoms with E-state index in [-0.39, 0.29) is 0 Å². The summed E-state index contributed by atoms with van der Waals surface area (Å²) >= 11 is 0. The van der Waals surface area contributed by atoms with Crippen molar-refractivity contribution in [1.82, 2.24) is 10.5 Å². The highest BCUT2D eigenvalue weighted by molar-refractivity contribution is 5.25. The first-order valence-electron chi connectivity index (χ1n) is 4.06. The monoisotopic (exact) mass is 177 g/mol. The number of hydroxylamine groups is 1. The van der Waals surface area contributed by atoms with Gasteiger partial charge in [0.25, 0.3) is 0 Å². The lowest BCUT2D eigenvalue weighted by atomic mass is 10.2. The largest absolute Gasteiger partial charge is 0.302 e. The minimum absolute atomic E-state index is 0.427. The Hall–Kier alpha value is -1.44. The van der Waals surface area contributed by atoms with Crippen LogP contribution < -0.4 is 5.48 Å². The van der Waals surface area contributed by atoms with Crippen molar-refractivity contribution >= 4 is 0 Å². The van der Waals surface area contributed by atoms with Crippen molar-refractivity contribution in [2.75, 3.05) is 6.61 Å². The Morgan fingerprint density at radius 1 is 1.69 bits per heavy atom. The summed E-state index contributed by atoms with van der Waals surface area (Å²) in [7, 11) is 0. The number of pyridine rings is 1. The van der Waals surface area contributed by atoms with Gasteiger partial charge >= 0.3 is 0 Å². The van der Waals surface area contributed by atoms with Gasteiger partial charge in [-0.3, -0.25) is 0 Å². The molecule has 0 unspecified atom stereocenters. The topological polar surface area (TPSA) is 57.9 Å². The molecule has 1 aromatic rings. The summed E-state index contributed by atoms with van der Waals surface area (Å²) in [5, 5.41) is 8.57. The molecular weight excluding hydrogens is 166 g/mol. The van der Waals surface area contributed by atoms with Crippen LogP contribution >= 0.6 is 0 Å². The maximum atomic E-state index is 8.57. The second kappa shape index (κ2) is 5.25. The van der Waals surface area contributed by atoms with Crippen molar-refractivity contribution in [3.8, 4) is 6.07 Å². The molecule has 0 aliphatic heterocycles. The molecule has 0 saturated heterocycles. The highest BCUT2D eigenvalue weighted by atomic mass is 16.6. The van der Waals surface area contributed by atoms with E-state index in [1.54, 1.807) is 12.3 Å². The molecule has 0 bridgehead atoms. The normalized spacial score (nSPS) is 9.54. The van der Waals surface area contributed by atoms with Crippen LogP contribution in [0.2, 0.25) is 0 Å². The Balaban J connectivity index is 2.52. The van der Waals surface area contributed by atoms with E-state index in [2.05, 4.69) is 10.5 Å². The molecule has 0 spiro atoms. The lowest BCUT2D eigenvalue weighted by Gasteiger charge is -2.02. The highest BCUT2D eigenvalue weighted by Gasteiger charge is 1.95. The Morgan fingerprint density at radius 3 is 3.23 bits per heavy atom. The minimum Gasteiger partial charge on any atom is -0.302 e. The van der Waals surface area contributed by atoms with Crippen LogP contribution in [0, 0.1) is 11.3 Å². The van der Waals surface area contributed by atoms with Crippen molar-refractivity contribution in [3.05, 3.63) is 29.6 Å². The molecule has 0 fully saturated rings. The van der Waals surface area contributed by atoms with Gasteiger partial charge in [-0.15, -0.1) is 0 Å². The van der Waals surface area contributed by atoms with Crippen LogP contribution in [0.3, 0.4) is 0 Å². The van der Waals surface area contributed by atoms with Crippen LogP contribution in [-0.4, -0.2) is 11.6 Å². The van der Waals surface area contributed by atoms with E-state index in [4.69, 9.17) is 10.1 Å². The summed E-state index contributed by atoms with van der Waals surface area (Å²) in [5.41, 5.74) is 4.18. The Morgan fingerprint density at radius 2 is 2.54 bits per heavy atom. The van der Waals surface area contributed by atoms with E-state index in [1.165, 1.54) is 0 Å². The van der Waals surface area contributed by atoms with E-state index >= 15 is 0 Å². The van der Waals surface area contributed by atoms with Crippen molar-refractivity contribution in [2.24, 2.45) is 0 Å². The highest BCUT2D eigenvalue weighted by Crippen LogP contribution is 1.99. The molecule has 0 amide bonds. The number of rotatable bonds is 4. The molecule has 1 rings (SSSR count). The van der Waals surface area contributed by atoms with E-state index in [0.717, 1.165) is 5.56 Å². The third-order valence-electron chi connectivity index (χ3n) is 1.46. The number of aromatic nitrogens is 1. The van der Waals surface area contributed by atoms with Crippen molar-refractivity contribution in [2.45, 2.75) is 13.5 Å². The Kier molecular flexibility index (Phi) is 3.89. The lowest BCUT2D eigenvalue weighted by Crippen LogP contribution is -2.13. The van der Waals surface area contributed by atoms with Crippen LogP contribution in [0.25, 0.3) is 0 Å². The molecule has 4 nitrogen and oxygen atoms in total. The number of hydrogen-bond acceptors (Lipinski definition) is 4. The van der Waals surface area contributed by atoms with E-state index in [1.807, 2.05) is 19.1 Å². The SMILES string of the molecule is CCONCc1ccnc(C#N)c1. The zero-order valence-electron chi connectivity index (χ0n) is 7.45. The molecule has 13 heavy (non-hydrogen) atoms. The molecule has 0 aliphatic rings. The molecule has 68 valence electrons. The molecule has 0 radical (unpaired) electrons. The van der Waals surface area contributed by atoms with Gasteiger partial charge in [0.15, 0.2) is 0 Å². The van der Waals surface area contributed by atoms with Gasteiger partial charge in [0.1, 0.15) is 11.8 Å². The summed E-state index contributed by atoms with van der Waals surface area (Å²) in [6.45, 7) is 3.11. The standard InChI is InChI=1S/C9H11N3O/c1-2-13-12-7-8-3-4-11-9(5-8)6-10/h3-5,12H,2,7H2,1H3. The van der Waals surface area contributed by atoms with E-state index in [9.17, 15) is 0 Å². The molecule has 4 heteroatoms. The van der Waals surface area contributed by atoms with Gasteiger partial charge < -0.3 is 4.84 Å². The maximum Gasteiger partial charge on any atom is 0.140 e. The van der Waals surface area contributed by atoms with Crippen LogP contribution in [0.5, 0.6) is 0 Å². The zero-order valence-corrected chi connectivity index (χ0v) is 7.45. The number of nitriles is 1. The molecular formula is C9H11N3O. The fourth-order valence-electron chi connectivity index (χ4n) is 0.882. The molecule has 1 aromatic heterocycles. The number of nitrogens with one attached hydrogen (secondary N) is 1. The molecule has 0 aliphatic carbocycles. The fraction of sp³-hybridized carbons (Fsp3) is 0.333. The van der Waals surface area contributed by atoms with Gasteiger partial charge in [0.05, 0.1) is 6.61 Å². The second-order valence-corrected chi connectivity index (χ2v) is 2.42. The van der Waals surface area contributed by atoms with Crippen LogP contribution in [0.1, 0.15) is 18.2 Å². The predicted octanol–water partition coefficient (Wildman–Crippen LogP) is 0.994. The first kappa shape index (κ1) is 9.65. The summed E-state index contributed by atoms with van der Waals surface area (Å²) in [6, 6.07) is 5.55. The summed E-state index contributed by atoms with van der Waals surface area (Å²) < 4.78 is 0. The smallest absolute Gasteiger partial charge is 0.140 e. The second-order valence-electron chi connectivity index (χ2n) is 2.42. The van der Waals surface area contributed by atoms with Gasteiger partial charge in [-0.25, -0.2) is 4.98 Å². The van der Waals surface area contributed by atoms with Gasteiger partial charge in [0.2, 0.25) is 0 Å². The first-order chi connectivity index (χ1) is 6.36. The first-order valence-corrected chi connectivity index (χ1v) is 4.06. The molecule has 0 atom stereocenters. The van der Waals surface area contributed by atoms with Crippen LogP contribution in [-0.2, 0) is 11.4 Å². The maximum absolute atomic E-state index is 8.57. The van der Waals surface area contributed by atoms with Gasteiger partial charge in [-0.1, -0.05) is 0 Å². The zero-order chi connectivity index (χ0) is 9.52. The third kappa shape index (κ3) is 3.20. The Labute approximate surface area is 77.1 Å². The molecule has 0 saturated carbocycles. The molecule has 0 aromatic carbocycles. The number of hydrogen-bond donors (Lipinski definition) is 1. The van der Waals surface area contributed by atoms with Gasteiger partial charge in [-0.05, 0) is 24.6 Å². The third-order valence-corrected chi connectivity index (χ3v) is 1.46. The fourth-order valence-corrected chi connectivity index (χ4v) is 0.882. The van der Waals surface area contributed by atoms with Crippen LogP contribution in [0.4, 0.5) is 0 Å². The average molecular weight is 177 g/mol. The van der Waals surface area contributed by atoms with Gasteiger partial charge in [-0.2, -0.15) is 10.7 Å². The summed E-state index contributed by atoms with van der Waals surface area (Å²) in [6.07, 6.45) is 1.61. The van der Waals surface area contributed by atoms with Crippen molar-refractivity contribution in [1.29, 1.82) is 5.26 Å². The van der Waals surface area contributed by atoms with E-state index < -0.39 is 0 Å². The summed E-state index contributed by atoms with van der Waals surface area (Å²) in [4.78, 5) is 8.81. The van der Waals surface area contributed by atoms with Gasteiger partial charge in [0, 0.05) is 12.7 Å². The lowest BCUT2D eigenvalue weighted by molar-refractivity contribution is 0.0463. The minimum atomic E-state index is 0.427. The summed E-state index contributed by atoms with van der Waals surface area (Å²) in [5.74, 6) is 0. The van der Waals surface area contributed by atoms with E-state index in [0.29, 0.717) is 18.8 Å². The number of nitrogens with zero attached hydrogens (tertiary/aromatic N) is 2. The average Bonchev–Trinajstić information content (AvgIpc) is 2.19. The van der Waals surface area contributed by atoms with Crippen LogP contribution in [0.15, 0.2) is 18.3 Å². The predicted molar refractivity (Wildman–Crippen MR) is 47.4 cm³/mol. The van der Waals surface area contributed by atoms with Crippen molar-refractivity contribution in [3.63, 3.8) is 0 Å². The van der Waals surface area contributed by atoms with Crippen molar-refractivity contribution < 1.29 is 4.84 Å². The quantitative estimate of drug-likeness (QED) is 0.550. The Bertz CT molecular complexity index is 306.